The molecule has 0 amide bonds. The van der Waals surface area contributed by atoms with Crippen LogP contribution in [0.4, 0.5) is 0 Å². The molecule has 21 heavy (non-hydrogen) atoms. The third-order valence-corrected chi connectivity index (χ3v) is 5.36. The van der Waals surface area contributed by atoms with E-state index in [0.717, 1.165) is 32.5 Å². The maximum atomic E-state index is 6.84. The van der Waals surface area contributed by atoms with Crippen molar-refractivity contribution in [2.75, 3.05) is 7.11 Å². The van der Waals surface area contributed by atoms with Gasteiger partial charge in [-0.25, -0.2) is 0 Å². The Morgan fingerprint density at radius 2 is 1.71 bits per heavy atom. The standard InChI is InChI=1S/C18H20BrClO/c1-10-7-6-8-14(12(10)3)17(20)16-13(4)15(19)9-11(2)18(16)21-5/h6-9,17H,1-5H3. The molecule has 0 aliphatic rings. The zero-order valence-corrected chi connectivity index (χ0v) is 15.4. The van der Waals surface area contributed by atoms with E-state index in [4.69, 9.17) is 16.3 Å². The first-order chi connectivity index (χ1) is 9.88. The number of benzene rings is 2. The van der Waals surface area contributed by atoms with E-state index in [1.54, 1.807) is 7.11 Å². The number of hydrogen-bond acceptors (Lipinski definition) is 1. The van der Waals surface area contributed by atoms with E-state index in [1.807, 2.05) is 6.92 Å². The van der Waals surface area contributed by atoms with E-state index >= 15 is 0 Å². The van der Waals surface area contributed by atoms with Gasteiger partial charge in [-0.05, 0) is 61.6 Å². The van der Waals surface area contributed by atoms with E-state index in [0.29, 0.717) is 0 Å². The third-order valence-electron chi connectivity index (χ3n) is 4.09. The molecule has 0 aliphatic carbocycles. The van der Waals surface area contributed by atoms with Crippen LogP contribution in [0.2, 0.25) is 0 Å². The fourth-order valence-corrected chi connectivity index (χ4v) is 3.71. The quantitative estimate of drug-likeness (QED) is 0.603. The Kier molecular flexibility index (Phi) is 5.00. The molecule has 2 aromatic carbocycles. The molecule has 1 unspecified atom stereocenters. The maximum absolute atomic E-state index is 6.84. The van der Waals surface area contributed by atoms with E-state index in [-0.39, 0.29) is 5.38 Å². The minimum Gasteiger partial charge on any atom is -0.496 e. The van der Waals surface area contributed by atoms with Crippen LogP contribution in [0.25, 0.3) is 0 Å². The molecular formula is C18H20BrClO. The number of alkyl halides is 1. The van der Waals surface area contributed by atoms with Crippen molar-refractivity contribution in [2.45, 2.75) is 33.1 Å². The van der Waals surface area contributed by atoms with Crippen LogP contribution in [-0.2, 0) is 0 Å². The van der Waals surface area contributed by atoms with Crippen LogP contribution >= 0.6 is 27.5 Å². The first kappa shape index (κ1) is 16.4. The highest BCUT2D eigenvalue weighted by Crippen LogP contribution is 2.43. The highest BCUT2D eigenvalue weighted by atomic mass is 79.9. The fraction of sp³-hybridized carbons (Fsp3) is 0.333. The molecule has 0 aromatic heterocycles. The van der Waals surface area contributed by atoms with Crippen LogP contribution in [0.5, 0.6) is 5.75 Å². The molecule has 2 aromatic rings. The summed E-state index contributed by atoms with van der Waals surface area (Å²) in [6.07, 6.45) is 0. The molecule has 2 rings (SSSR count). The molecule has 1 atom stereocenters. The summed E-state index contributed by atoms with van der Waals surface area (Å²) >= 11 is 10.5. The Hall–Kier alpha value is -0.990. The lowest BCUT2D eigenvalue weighted by atomic mass is 9.92. The van der Waals surface area contributed by atoms with Crippen molar-refractivity contribution in [1.29, 1.82) is 0 Å². The summed E-state index contributed by atoms with van der Waals surface area (Å²) in [5.74, 6) is 0.872. The summed E-state index contributed by atoms with van der Waals surface area (Å²) in [7, 11) is 1.70. The molecule has 0 bridgehead atoms. The zero-order chi connectivity index (χ0) is 15.7. The summed E-state index contributed by atoms with van der Waals surface area (Å²) < 4.78 is 6.68. The second kappa shape index (κ2) is 6.41. The molecule has 112 valence electrons. The van der Waals surface area contributed by atoms with Crippen molar-refractivity contribution in [3.63, 3.8) is 0 Å². The van der Waals surface area contributed by atoms with Crippen molar-refractivity contribution in [3.05, 3.63) is 62.1 Å². The molecule has 3 heteroatoms. The van der Waals surface area contributed by atoms with Gasteiger partial charge in [-0.1, -0.05) is 34.1 Å². The first-order valence-electron chi connectivity index (χ1n) is 6.92. The topological polar surface area (TPSA) is 9.23 Å². The maximum Gasteiger partial charge on any atom is 0.127 e. The molecule has 0 aliphatic heterocycles. The molecular weight excluding hydrogens is 348 g/mol. The SMILES string of the molecule is COc1c(C)cc(Br)c(C)c1C(Cl)c1cccc(C)c1C. The molecule has 0 heterocycles. The molecule has 0 saturated carbocycles. The summed E-state index contributed by atoms with van der Waals surface area (Å²) in [6.45, 7) is 8.34. The third kappa shape index (κ3) is 2.97. The predicted molar refractivity (Wildman–Crippen MR) is 93.8 cm³/mol. The van der Waals surface area contributed by atoms with E-state index in [9.17, 15) is 0 Å². The van der Waals surface area contributed by atoms with Gasteiger partial charge in [0.1, 0.15) is 5.75 Å². The van der Waals surface area contributed by atoms with Gasteiger partial charge in [0.15, 0.2) is 0 Å². The van der Waals surface area contributed by atoms with E-state index < -0.39 is 0 Å². The lowest BCUT2D eigenvalue weighted by molar-refractivity contribution is 0.406. The van der Waals surface area contributed by atoms with Gasteiger partial charge in [0.25, 0.3) is 0 Å². The Morgan fingerprint density at radius 1 is 1.05 bits per heavy atom. The monoisotopic (exact) mass is 366 g/mol. The highest BCUT2D eigenvalue weighted by Gasteiger charge is 2.23. The normalized spacial score (nSPS) is 12.3. The van der Waals surface area contributed by atoms with Gasteiger partial charge in [0.05, 0.1) is 12.5 Å². The second-order valence-electron chi connectivity index (χ2n) is 5.40. The average molecular weight is 368 g/mol. The van der Waals surface area contributed by atoms with Crippen molar-refractivity contribution >= 4 is 27.5 Å². The summed E-state index contributed by atoms with van der Waals surface area (Å²) in [5, 5.41) is -0.226. The van der Waals surface area contributed by atoms with Crippen molar-refractivity contribution in [3.8, 4) is 5.75 Å². The Bertz CT molecular complexity index is 679. The smallest absolute Gasteiger partial charge is 0.127 e. The van der Waals surface area contributed by atoms with Crippen LogP contribution in [0.1, 0.15) is 38.8 Å². The van der Waals surface area contributed by atoms with Crippen LogP contribution in [0.3, 0.4) is 0 Å². The first-order valence-corrected chi connectivity index (χ1v) is 8.15. The van der Waals surface area contributed by atoms with Gasteiger partial charge < -0.3 is 4.74 Å². The number of aryl methyl sites for hydroxylation is 2. The predicted octanol–water partition coefficient (Wildman–Crippen LogP) is 6.02. The number of methoxy groups -OCH3 is 1. The summed E-state index contributed by atoms with van der Waals surface area (Å²) in [6, 6.07) is 8.33. The second-order valence-corrected chi connectivity index (χ2v) is 6.69. The van der Waals surface area contributed by atoms with Crippen molar-refractivity contribution in [2.24, 2.45) is 0 Å². The van der Waals surface area contributed by atoms with Gasteiger partial charge in [-0.3, -0.25) is 0 Å². The van der Waals surface area contributed by atoms with Gasteiger partial charge in [0, 0.05) is 10.0 Å². The molecule has 0 N–H and O–H groups in total. The van der Waals surface area contributed by atoms with Gasteiger partial charge in [0.2, 0.25) is 0 Å². The van der Waals surface area contributed by atoms with Crippen LogP contribution < -0.4 is 4.74 Å². The zero-order valence-electron chi connectivity index (χ0n) is 13.1. The number of halogens is 2. The molecule has 0 fully saturated rings. The Balaban J connectivity index is 2.68. The highest BCUT2D eigenvalue weighted by molar-refractivity contribution is 9.10. The van der Waals surface area contributed by atoms with Crippen LogP contribution in [0, 0.1) is 27.7 Å². The summed E-state index contributed by atoms with van der Waals surface area (Å²) in [5.41, 5.74) is 6.87. The number of rotatable bonds is 3. The van der Waals surface area contributed by atoms with E-state index in [2.05, 4.69) is 61.0 Å². The minimum absolute atomic E-state index is 0.226. The van der Waals surface area contributed by atoms with Crippen molar-refractivity contribution < 1.29 is 4.74 Å². The molecule has 0 spiro atoms. The Labute approximate surface area is 140 Å². The average Bonchev–Trinajstić information content (AvgIpc) is 2.44. The molecule has 1 nitrogen and oxygen atoms in total. The largest absolute Gasteiger partial charge is 0.496 e. The van der Waals surface area contributed by atoms with Crippen LogP contribution in [-0.4, -0.2) is 7.11 Å². The number of ether oxygens (including phenoxy) is 1. The van der Waals surface area contributed by atoms with Crippen molar-refractivity contribution in [1.82, 2.24) is 0 Å². The fourth-order valence-electron chi connectivity index (χ4n) is 2.66. The van der Waals surface area contributed by atoms with Gasteiger partial charge in [-0.15, -0.1) is 11.6 Å². The molecule has 0 saturated heterocycles. The lowest BCUT2D eigenvalue weighted by Gasteiger charge is -2.22. The van der Waals surface area contributed by atoms with E-state index in [1.165, 1.54) is 11.1 Å². The van der Waals surface area contributed by atoms with Gasteiger partial charge >= 0.3 is 0 Å². The number of hydrogen-bond donors (Lipinski definition) is 0. The minimum atomic E-state index is -0.226. The van der Waals surface area contributed by atoms with Gasteiger partial charge in [-0.2, -0.15) is 0 Å². The summed E-state index contributed by atoms with van der Waals surface area (Å²) in [4.78, 5) is 0. The van der Waals surface area contributed by atoms with Crippen LogP contribution in [0.15, 0.2) is 28.7 Å². The lowest BCUT2D eigenvalue weighted by Crippen LogP contribution is -2.05. The Morgan fingerprint density at radius 3 is 2.33 bits per heavy atom. The molecule has 0 radical (unpaired) electrons.